The lowest BCUT2D eigenvalue weighted by Crippen LogP contribution is -2.21. The molecule has 0 amide bonds. The molecular weight excluding hydrogens is 278 g/mol. The van der Waals surface area contributed by atoms with Crippen molar-refractivity contribution in [2.45, 2.75) is 19.6 Å². The fourth-order valence-electron chi connectivity index (χ4n) is 2.16. The van der Waals surface area contributed by atoms with Crippen LogP contribution < -0.4 is 10.1 Å². The molecule has 1 N–H and O–H groups in total. The molecular formula is C18H21NO3. The number of hydrogen-bond donors (Lipinski definition) is 1. The van der Waals surface area contributed by atoms with Gasteiger partial charge in [0, 0.05) is 13.5 Å². The first kappa shape index (κ1) is 16.0. The largest absolute Gasteiger partial charge is 0.489 e. The van der Waals surface area contributed by atoms with E-state index in [-0.39, 0.29) is 12.1 Å². The number of nitrogens with one attached hydrogen (secondary N) is 1. The number of benzene rings is 2. The van der Waals surface area contributed by atoms with Gasteiger partial charge in [0.05, 0.1) is 0 Å². The van der Waals surface area contributed by atoms with Crippen molar-refractivity contribution >= 4 is 5.97 Å². The first-order chi connectivity index (χ1) is 10.7. The predicted molar refractivity (Wildman–Crippen MR) is 85.6 cm³/mol. The molecule has 0 fully saturated rings. The number of likely N-dealkylation sites (N-methyl/N-ethyl adjacent to an activating group) is 1. The molecule has 0 spiro atoms. The minimum Gasteiger partial charge on any atom is -0.489 e. The molecule has 4 nitrogen and oxygen atoms in total. The van der Waals surface area contributed by atoms with Crippen LogP contribution in [-0.2, 0) is 16.1 Å². The molecule has 0 radical (unpaired) electrons. The molecule has 0 saturated heterocycles. The number of esters is 1. The van der Waals surface area contributed by atoms with Crippen LogP contribution in [0.2, 0.25) is 0 Å². The third-order valence-corrected chi connectivity index (χ3v) is 3.18. The molecule has 0 aliphatic carbocycles. The Kier molecular flexibility index (Phi) is 5.98. The molecule has 2 rings (SSSR count). The van der Waals surface area contributed by atoms with Crippen LogP contribution in [0.5, 0.6) is 5.75 Å². The number of rotatable bonds is 7. The zero-order valence-electron chi connectivity index (χ0n) is 12.9. The minimum absolute atomic E-state index is 0.296. The van der Waals surface area contributed by atoms with E-state index in [0.717, 1.165) is 16.9 Å². The van der Waals surface area contributed by atoms with Crippen molar-refractivity contribution in [2.24, 2.45) is 0 Å². The number of carbonyl (C=O) groups is 1. The van der Waals surface area contributed by atoms with E-state index in [9.17, 15) is 4.79 Å². The Balaban J connectivity index is 2.06. The molecule has 2 aromatic carbocycles. The number of ether oxygens (including phenoxy) is 2. The van der Waals surface area contributed by atoms with Crippen LogP contribution in [0, 0.1) is 0 Å². The minimum atomic E-state index is -0.317. The maximum absolute atomic E-state index is 11.2. The zero-order valence-corrected chi connectivity index (χ0v) is 12.9. The summed E-state index contributed by atoms with van der Waals surface area (Å²) < 4.78 is 11.1. The van der Waals surface area contributed by atoms with Gasteiger partial charge in [-0.05, 0) is 30.3 Å². The van der Waals surface area contributed by atoms with Gasteiger partial charge in [-0.15, -0.1) is 0 Å². The van der Waals surface area contributed by atoms with Gasteiger partial charge in [-0.25, -0.2) is 0 Å². The van der Waals surface area contributed by atoms with E-state index in [4.69, 9.17) is 9.47 Å². The monoisotopic (exact) mass is 299 g/mol. The highest BCUT2D eigenvalue weighted by atomic mass is 16.5. The Morgan fingerprint density at radius 1 is 1.14 bits per heavy atom. The van der Waals surface area contributed by atoms with Crippen LogP contribution in [0.25, 0.3) is 0 Å². The van der Waals surface area contributed by atoms with Crippen LogP contribution in [0.3, 0.4) is 0 Å². The average Bonchev–Trinajstić information content (AvgIpc) is 2.53. The standard InChI is InChI=1S/C18H21NO3/c1-14(20)22-18(12-19-2)16-9-6-10-17(11-16)21-13-15-7-4-3-5-8-15/h3-11,18-19H,12-13H2,1-2H3. The highest BCUT2D eigenvalue weighted by Gasteiger charge is 2.14. The van der Waals surface area contributed by atoms with Gasteiger partial charge in [0.1, 0.15) is 18.5 Å². The Bertz CT molecular complexity index is 598. The third-order valence-electron chi connectivity index (χ3n) is 3.18. The highest BCUT2D eigenvalue weighted by molar-refractivity contribution is 5.66. The number of carbonyl (C=O) groups excluding carboxylic acids is 1. The van der Waals surface area contributed by atoms with E-state index in [1.54, 1.807) is 0 Å². The second kappa shape index (κ2) is 8.20. The van der Waals surface area contributed by atoms with Crippen LogP contribution in [0.4, 0.5) is 0 Å². The first-order valence-electron chi connectivity index (χ1n) is 7.27. The Labute approximate surface area is 131 Å². The molecule has 0 heterocycles. The molecule has 116 valence electrons. The van der Waals surface area contributed by atoms with Gasteiger partial charge >= 0.3 is 5.97 Å². The Morgan fingerprint density at radius 2 is 1.91 bits per heavy atom. The molecule has 22 heavy (non-hydrogen) atoms. The molecule has 0 aromatic heterocycles. The summed E-state index contributed by atoms with van der Waals surface area (Å²) >= 11 is 0. The van der Waals surface area contributed by atoms with Gasteiger partial charge in [0.15, 0.2) is 0 Å². The summed E-state index contributed by atoms with van der Waals surface area (Å²) in [6.07, 6.45) is -0.317. The molecule has 0 saturated carbocycles. The van der Waals surface area contributed by atoms with Crippen LogP contribution in [0.1, 0.15) is 24.2 Å². The maximum atomic E-state index is 11.2. The van der Waals surface area contributed by atoms with E-state index in [1.807, 2.05) is 61.6 Å². The van der Waals surface area contributed by atoms with Crippen molar-refractivity contribution in [1.82, 2.24) is 5.32 Å². The van der Waals surface area contributed by atoms with Gasteiger partial charge < -0.3 is 14.8 Å². The van der Waals surface area contributed by atoms with Crippen LogP contribution >= 0.6 is 0 Å². The molecule has 0 bridgehead atoms. The predicted octanol–water partition coefficient (Wildman–Crippen LogP) is 3.09. The zero-order chi connectivity index (χ0) is 15.8. The summed E-state index contributed by atoms with van der Waals surface area (Å²) in [7, 11) is 1.83. The molecule has 4 heteroatoms. The summed E-state index contributed by atoms with van der Waals surface area (Å²) in [6, 6.07) is 17.6. The van der Waals surface area contributed by atoms with Gasteiger partial charge in [0.25, 0.3) is 0 Å². The lowest BCUT2D eigenvalue weighted by molar-refractivity contribution is -0.146. The molecule has 2 aromatic rings. The van der Waals surface area contributed by atoms with E-state index in [0.29, 0.717) is 13.2 Å². The van der Waals surface area contributed by atoms with Crippen molar-refractivity contribution in [2.75, 3.05) is 13.6 Å². The smallest absolute Gasteiger partial charge is 0.303 e. The van der Waals surface area contributed by atoms with E-state index >= 15 is 0 Å². The van der Waals surface area contributed by atoms with Crippen molar-refractivity contribution in [3.05, 3.63) is 65.7 Å². The lowest BCUT2D eigenvalue weighted by atomic mass is 10.1. The maximum Gasteiger partial charge on any atom is 0.303 e. The van der Waals surface area contributed by atoms with E-state index in [1.165, 1.54) is 6.92 Å². The van der Waals surface area contributed by atoms with Crippen molar-refractivity contribution in [3.8, 4) is 5.75 Å². The molecule has 1 atom stereocenters. The first-order valence-corrected chi connectivity index (χ1v) is 7.27. The fourth-order valence-corrected chi connectivity index (χ4v) is 2.16. The summed E-state index contributed by atoms with van der Waals surface area (Å²) in [6.45, 7) is 2.48. The van der Waals surface area contributed by atoms with Crippen LogP contribution in [0.15, 0.2) is 54.6 Å². The molecule has 0 aliphatic heterocycles. The summed E-state index contributed by atoms with van der Waals surface area (Å²) in [4.78, 5) is 11.2. The summed E-state index contributed by atoms with van der Waals surface area (Å²) in [5, 5.41) is 3.03. The lowest BCUT2D eigenvalue weighted by Gasteiger charge is -2.18. The van der Waals surface area contributed by atoms with E-state index < -0.39 is 0 Å². The Hall–Kier alpha value is -2.33. The quantitative estimate of drug-likeness (QED) is 0.798. The second-order valence-electron chi connectivity index (χ2n) is 5.00. The van der Waals surface area contributed by atoms with Gasteiger partial charge in [0.2, 0.25) is 0 Å². The highest BCUT2D eigenvalue weighted by Crippen LogP contribution is 2.22. The Morgan fingerprint density at radius 3 is 2.59 bits per heavy atom. The number of hydrogen-bond acceptors (Lipinski definition) is 4. The average molecular weight is 299 g/mol. The second-order valence-corrected chi connectivity index (χ2v) is 5.00. The molecule has 1 unspecified atom stereocenters. The normalized spacial score (nSPS) is 11.7. The van der Waals surface area contributed by atoms with Crippen molar-refractivity contribution in [3.63, 3.8) is 0 Å². The van der Waals surface area contributed by atoms with Gasteiger partial charge in [-0.2, -0.15) is 0 Å². The fraction of sp³-hybridized carbons (Fsp3) is 0.278. The topological polar surface area (TPSA) is 47.6 Å². The van der Waals surface area contributed by atoms with Gasteiger partial charge in [-0.3, -0.25) is 4.79 Å². The summed E-state index contributed by atoms with van der Waals surface area (Å²) in [5.41, 5.74) is 2.02. The van der Waals surface area contributed by atoms with Crippen LogP contribution in [-0.4, -0.2) is 19.6 Å². The molecule has 0 aliphatic rings. The van der Waals surface area contributed by atoms with Crippen molar-refractivity contribution in [1.29, 1.82) is 0 Å². The summed E-state index contributed by atoms with van der Waals surface area (Å²) in [5.74, 6) is 0.463. The van der Waals surface area contributed by atoms with E-state index in [2.05, 4.69) is 5.32 Å². The SMILES string of the molecule is CNCC(OC(C)=O)c1cccc(OCc2ccccc2)c1. The van der Waals surface area contributed by atoms with Gasteiger partial charge in [-0.1, -0.05) is 42.5 Å². The van der Waals surface area contributed by atoms with Crippen molar-refractivity contribution < 1.29 is 14.3 Å². The third kappa shape index (κ3) is 4.90.